The van der Waals surface area contributed by atoms with Crippen molar-refractivity contribution in [2.75, 3.05) is 7.05 Å². The number of halogens is 3. The second-order valence-electron chi connectivity index (χ2n) is 7.35. The number of rotatable bonds is 8. The minimum absolute atomic E-state index is 0. The van der Waals surface area contributed by atoms with E-state index in [0.717, 1.165) is 24.2 Å². The van der Waals surface area contributed by atoms with Crippen LogP contribution in [0.1, 0.15) is 62.7 Å². The summed E-state index contributed by atoms with van der Waals surface area (Å²) in [6.07, 6.45) is 7.21. The first-order chi connectivity index (χ1) is 13.1. The molecule has 0 aliphatic heterocycles. The third-order valence-electron chi connectivity index (χ3n) is 5.42. The molecule has 28 heavy (non-hydrogen) atoms. The summed E-state index contributed by atoms with van der Waals surface area (Å²) in [4.78, 5) is 0. The van der Waals surface area contributed by atoms with Gasteiger partial charge < -0.3 is 10.1 Å². The second kappa shape index (κ2) is 10.8. The maximum absolute atomic E-state index is 13.9. The van der Waals surface area contributed by atoms with Gasteiger partial charge in [-0.25, -0.2) is 13.5 Å². The number of nitrogens with one attached hydrogen (secondary N) is 1. The average molecular weight is 414 g/mol. The summed E-state index contributed by atoms with van der Waals surface area (Å²) < 4.78 is 35.3. The lowest BCUT2D eigenvalue weighted by Gasteiger charge is -2.30. The van der Waals surface area contributed by atoms with E-state index in [4.69, 9.17) is 9.84 Å². The first kappa shape index (κ1) is 22.6. The van der Waals surface area contributed by atoms with Crippen molar-refractivity contribution in [3.63, 3.8) is 0 Å². The van der Waals surface area contributed by atoms with Crippen LogP contribution in [0.5, 0.6) is 5.88 Å². The molecule has 1 fully saturated rings. The van der Waals surface area contributed by atoms with E-state index in [1.165, 1.54) is 38.2 Å². The number of hydrogen-bond donors (Lipinski definition) is 1. The van der Waals surface area contributed by atoms with Gasteiger partial charge in [-0.15, -0.1) is 12.4 Å². The van der Waals surface area contributed by atoms with Crippen LogP contribution in [0.15, 0.2) is 24.3 Å². The van der Waals surface area contributed by atoms with Crippen molar-refractivity contribution < 1.29 is 13.5 Å². The van der Waals surface area contributed by atoms with Crippen LogP contribution in [0, 0.1) is 17.6 Å². The molecule has 1 aromatic heterocycles. The maximum Gasteiger partial charge on any atom is 0.212 e. The zero-order valence-electron chi connectivity index (χ0n) is 16.6. The van der Waals surface area contributed by atoms with Gasteiger partial charge in [0.25, 0.3) is 0 Å². The highest BCUT2D eigenvalue weighted by Crippen LogP contribution is 2.37. The molecule has 1 unspecified atom stereocenters. The van der Waals surface area contributed by atoms with E-state index in [0.29, 0.717) is 18.3 Å². The van der Waals surface area contributed by atoms with E-state index in [1.54, 1.807) is 0 Å². The fourth-order valence-corrected chi connectivity index (χ4v) is 4.07. The zero-order chi connectivity index (χ0) is 19.2. The van der Waals surface area contributed by atoms with E-state index in [2.05, 4.69) is 12.2 Å². The highest BCUT2D eigenvalue weighted by molar-refractivity contribution is 5.85. The third kappa shape index (κ3) is 5.45. The molecule has 1 aromatic carbocycles. The van der Waals surface area contributed by atoms with Crippen LogP contribution in [0.4, 0.5) is 8.78 Å². The van der Waals surface area contributed by atoms with E-state index in [9.17, 15) is 8.78 Å². The van der Waals surface area contributed by atoms with Gasteiger partial charge >= 0.3 is 0 Å². The van der Waals surface area contributed by atoms with Crippen molar-refractivity contribution in [2.24, 2.45) is 5.92 Å². The second-order valence-corrected chi connectivity index (χ2v) is 7.35. The lowest BCUT2D eigenvalue weighted by atomic mass is 9.83. The Hall–Kier alpha value is -1.66. The predicted octanol–water partition coefficient (Wildman–Crippen LogP) is 5.41. The molecule has 1 atom stereocenters. The molecule has 0 amide bonds. The fraction of sp³-hybridized carbons (Fsp3) is 0.571. The Kier molecular flexibility index (Phi) is 8.70. The summed E-state index contributed by atoms with van der Waals surface area (Å²) in [5, 5.41) is 7.87. The minimum atomic E-state index is -0.465. The Morgan fingerprint density at radius 2 is 1.96 bits per heavy atom. The molecule has 0 radical (unpaired) electrons. The first-order valence-electron chi connectivity index (χ1n) is 9.92. The standard InChI is InChI=1S/C21H29F2N3O.ClH/c1-3-20(15-7-5-4-6-8-15)26-21(12-18(25-26)13-24-2)27-14-16-11-17(22)9-10-19(16)23;/h9-12,15,20,24H,3-8,13-14H2,1-2H3;1H. The van der Waals surface area contributed by atoms with Gasteiger partial charge in [-0.1, -0.05) is 26.2 Å². The first-order valence-corrected chi connectivity index (χ1v) is 9.92. The number of ether oxygens (including phenoxy) is 1. The van der Waals surface area contributed by atoms with Crippen LogP contribution in [0.3, 0.4) is 0 Å². The van der Waals surface area contributed by atoms with Crippen molar-refractivity contribution in [2.45, 2.75) is 64.6 Å². The highest BCUT2D eigenvalue weighted by Gasteiger charge is 2.27. The third-order valence-corrected chi connectivity index (χ3v) is 5.42. The van der Waals surface area contributed by atoms with Crippen LogP contribution in [0.2, 0.25) is 0 Å². The van der Waals surface area contributed by atoms with Crippen molar-refractivity contribution in [3.05, 3.63) is 47.2 Å². The molecule has 0 bridgehead atoms. The largest absolute Gasteiger partial charge is 0.473 e. The van der Waals surface area contributed by atoms with Gasteiger partial charge in [0.05, 0.1) is 11.7 Å². The van der Waals surface area contributed by atoms with Gasteiger partial charge in [-0.3, -0.25) is 0 Å². The van der Waals surface area contributed by atoms with E-state index >= 15 is 0 Å². The van der Waals surface area contributed by atoms with Gasteiger partial charge in [-0.2, -0.15) is 5.10 Å². The van der Waals surface area contributed by atoms with E-state index in [1.807, 2.05) is 17.8 Å². The van der Waals surface area contributed by atoms with Crippen LogP contribution in [-0.2, 0) is 13.2 Å². The number of nitrogens with zero attached hydrogens (tertiary/aromatic N) is 2. The number of benzene rings is 1. The zero-order valence-corrected chi connectivity index (χ0v) is 17.4. The number of aromatic nitrogens is 2. The van der Waals surface area contributed by atoms with Crippen LogP contribution in [-0.4, -0.2) is 16.8 Å². The highest BCUT2D eigenvalue weighted by atomic mass is 35.5. The van der Waals surface area contributed by atoms with Crippen LogP contribution in [0.25, 0.3) is 0 Å². The molecule has 7 heteroatoms. The number of hydrogen-bond acceptors (Lipinski definition) is 3. The quantitative estimate of drug-likeness (QED) is 0.628. The van der Waals surface area contributed by atoms with Gasteiger partial charge in [0.15, 0.2) is 0 Å². The molecule has 1 aliphatic rings. The summed E-state index contributed by atoms with van der Waals surface area (Å²) in [5.74, 6) is 0.283. The molecule has 1 saturated carbocycles. The minimum Gasteiger partial charge on any atom is -0.473 e. The molecule has 156 valence electrons. The van der Waals surface area contributed by atoms with Crippen molar-refractivity contribution >= 4 is 12.4 Å². The average Bonchev–Trinajstić information content (AvgIpc) is 3.07. The van der Waals surface area contributed by atoms with Gasteiger partial charge in [0, 0.05) is 18.2 Å². The van der Waals surface area contributed by atoms with Crippen LogP contribution < -0.4 is 10.1 Å². The Bertz CT molecular complexity index is 747. The summed E-state index contributed by atoms with van der Waals surface area (Å²) >= 11 is 0. The van der Waals surface area contributed by atoms with Crippen molar-refractivity contribution in [3.8, 4) is 5.88 Å². The molecule has 0 saturated heterocycles. The molecule has 2 aromatic rings. The van der Waals surface area contributed by atoms with E-state index in [-0.39, 0.29) is 30.6 Å². The van der Waals surface area contributed by atoms with Gasteiger partial charge in [-0.05, 0) is 50.4 Å². The summed E-state index contributed by atoms with van der Waals surface area (Å²) in [7, 11) is 1.88. The SMILES string of the molecule is CCC(C1CCCCC1)n1nc(CNC)cc1OCc1cc(F)ccc1F.Cl. The van der Waals surface area contributed by atoms with Crippen molar-refractivity contribution in [1.82, 2.24) is 15.1 Å². The molecular weight excluding hydrogens is 384 g/mol. The fourth-order valence-electron chi connectivity index (χ4n) is 4.07. The molecule has 1 heterocycles. The normalized spacial score (nSPS) is 15.9. The molecule has 1 aliphatic carbocycles. The maximum atomic E-state index is 13.9. The Balaban J connectivity index is 0.00000280. The molecule has 4 nitrogen and oxygen atoms in total. The van der Waals surface area contributed by atoms with Crippen LogP contribution >= 0.6 is 12.4 Å². The summed E-state index contributed by atoms with van der Waals surface area (Å²) in [5.41, 5.74) is 1.10. The molecular formula is C21H30ClF2N3O. The van der Waals surface area contributed by atoms with Gasteiger partial charge in [0.1, 0.15) is 18.2 Å². The summed E-state index contributed by atoms with van der Waals surface area (Å²) in [6.45, 7) is 2.79. The predicted molar refractivity (Wildman–Crippen MR) is 109 cm³/mol. The smallest absolute Gasteiger partial charge is 0.212 e. The molecule has 1 N–H and O–H groups in total. The van der Waals surface area contributed by atoms with E-state index < -0.39 is 11.6 Å². The Morgan fingerprint density at radius 3 is 2.64 bits per heavy atom. The molecule has 3 rings (SSSR count). The Labute approximate surface area is 172 Å². The lowest BCUT2D eigenvalue weighted by molar-refractivity contribution is 0.193. The Morgan fingerprint density at radius 1 is 1.21 bits per heavy atom. The topological polar surface area (TPSA) is 39.1 Å². The van der Waals surface area contributed by atoms with Crippen molar-refractivity contribution in [1.29, 1.82) is 0 Å². The summed E-state index contributed by atoms with van der Waals surface area (Å²) in [6, 6.07) is 5.60. The monoisotopic (exact) mass is 413 g/mol. The molecule has 0 spiro atoms. The van der Waals surface area contributed by atoms with Gasteiger partial charge in [0.2, 0.25) is 5.88 Å². The lowest BCUT2D eigenvalue weighted by Crippen LogP contribution is -2.23.